The maximum atomic E-state index is 11.4. The number of hydrogen-bond acceptors (Lipinski definition) is 1. The van der Waals surface area contributed by atoms with Gasteiger partial charge in [-0.05, 0) is 59.0 Å². The zero-order valence-corrected chi connectivity index (χ0v) is 10.9. The minimum Gasteiger partial charge on any atom is -0.355 e. The fraction of sp³-hybridized carbons (Fsp3) is 0.0833. The van der Waals surface area contributed by atoms with E-state index in [4.69, 9.17) is 0 Å². The highest BCUT2D eigenvalue weighted by Crippen LogP contribution is 2.15. The van der Waals surface area contributed by atoms with Crippen molar-refractivity contribution in [3.05, 3.63) is 51.9 Å². The predicted octanol–water partition coefficient (Wildman–Crippen LogP) is 2.44. The van der Waals surface area contributed by atoms with E-state index in [-0.39, 0.29) is 5.91 Å². The van der Waals surface area contributed by atoms with Gasteiger partial charge in [-0.3, -0.25) is 4.79 Å². The van der Waals surface area contributed by atoms with Crippen LogP contribution in [0, 0.1) is 3.70 Å². The van der Waals surface area contributed by atoms with Gasteiger partial charge in [0, 0.05) is 24.5 Å². The zero-order chi connectivity index (χ0) is 11.5. The molecule has 0 fully saturated rings. The molecule has 0 spiro atoms. The quantitative estimate of drug-likeness (QED) is 0.845. The number of carbonyl (C=O) groups is 1. The molecule has 0 saturated carbocycles. The van der Waals surface area contributed by atoms with Gasteiger partial charge < -0.3 is 9.88 Å². The molecule has 1 N–H and O–H groups in total. The number of rotatable bonds is 2. The zero-order valence-electron chi connectivity index (χ0n) is 8.77. The highest BCUT2D eigenvalue weighted by Gasteiger charge is 2.04. The molecular formula is C12H11IN2O. The van der Waals surface area contributed by atoms with Gasteiger partial charge in [-0.15, -0.1) is 0 Å². The molecule has 0 bridgehead atoms. The lowest BCUT2D eigenvalue weighted by Crippen LogP contribution is -2.17. The van der Waals surface area contributed by atoms with E-state index < -0.39 is 0 Å². The molecule has 16 heavy (non-hydrogen) atoms. The van der Waals surface area contributed by atoms with E-state index in [1.807, 2.05) is 42.6 Å². The number of nitrogens with zero attached hydrogens (tertiary/aromatic N) is 1. The summed E-state index contributed by atoms with van der Waals surface area (Å²) in [5.74, 6) is -0.0613. The Morgan fingerprint density at radius 1 is 1.25 bits per heavy atom. The molecule has 82 valence electrons. The summed E-state index contributed by atoms with van der Waals surface area (Å²) in [7, 11) is 1.63. The van der Waals surface area contributed by atoms with E-state index in [2.05, 4.69) is 32.5 Å². The van der Waals surface area contributed by atoms with Gasteiger partial charge in [0.05, 0.1) is 3.70 Å². The normalized spacial score (nSPS) is 10.1. The highest BCUT2D eigenvalue weighted by molar-refractivity contribution is 14.1. The number of carbonyl (C=O) groups excluding carboxylic acids is 1. The fourth-order valence-corrected chi connectivity index (χ4v) is 2.13. The third kappa shape index (κ3) is 2.11. The van der Waals surface area contributed by atoms with Crippen LogP contribution in [-0.2, 0) is 0 Å². The second-order valence-electron chi connectivity index (χ2n) is 3.33. The Hall–Kier alpha value is -1.30. The number of aromatic nitrogens is 1. The summed E-state index contributed by atoms with van der Waals surface area (Å²) in [6.45, 7) is 0. The number of amides is 1. The largest absolute Gasteiger partial charge is 0.355 e. The molecule has 0 aliphatic heterocycles. The molecule has 2 rings (SSSR count). The number of nitrogens with one attached hydrogen (secondary N) is 1. The van der Waals surface area contributed by atoms with Crippen molar-refractivity contribution in [1.29, 1.82) is 0 Å². The molecule has 0 atom stereocenters. The maximum absolute atomic E-state index is 11.4. The van der Waals surface area contributed by atoms with E-state index in [0.717, 1.165) is 9.39 Å². The Morgan fingerprint density at radius 2 is 1.94 bits per heavy atom. The Kier molecular flexibility index (Phi) is 3.28. The molecular weight excluding hydrogens is 315 g/mol. The van der Waals surface area contributed by atoms with Crippen LogP contribution in [0.25, 0.3) is 5.69 Å². The van der Waals surface area contributed by atoms with Crippen LogP contribution in [0.2, 0.25) is 0 Å². The van der Waals surface area contributed by atoms with Gasteiger partial charge in [0.2, 0.25) is 0 Å². The maximum Gasteiger partial charge on any atom is 0.251 e. The topological polar surface area (TPSA) is 34.0 Å². The monoisotopic (exact) mass is 326 g/mol. The number of halogens is 1. The average Bonchev–Trinajstić information content (AvgIpc) is 2.75. The summed E-state index contributed by atoms with van der Waals surface area (Å²) < 4.78 is 3.21. The molecule has 0 aliphatic carbocycles. The van der Waals surface area contributed by atoms with Gasteiger partial charge in [0.15, 0.2) is 0 Å². The lowest BCUT2D eigenvalue weighted by molar-refractivity contribution is 0.0963. The summed E-state index contributed by atoms with van der Waals surface area (Å²) in [4.78, 5) is 11.4. The Morgan fingerprint density at radius 3 is 2.44 bits per heavy atom. The second-order valence-corrected chi connectivity index (χ2v) is 4.43. The van der Waals surface area contributed by atoms with Crippen LogP contribution in [0.3, 0.4) is 0 Å². The molecule has 0 aliphatic rings. The fourth-order valence-electron chi connectivity index (χ4n) is 1.49. The van der Waals surface area contributed by atoms with Crippen molar-refractivity contribution in [2.75, 3.05) is 7.05 Å². The first-order valence-corrected chi connectivity index (χ1v) is 5.95. The van der Waals surface area contributed by atoms with Crippen molar-refractivity contribution in [3.63, 3.8) is 0 Å². The lowest BCUT2D eigenvalue weighted by Gasteiger charge is -2.06. The van der Waals surface area contributed by atoms with E-state index in [0.29, 0.717) is 5.56 Å². The van der Waals surface area contributed by atoms with Crippen LogP contribution in [0.4, 0.5) is 0 Å². The minimum atomic E-state index is -0.0613. The van der Waals surface area contributed by atoms with Crippen molar-refractivity contribution in [3.8, 4) is 5.69 Å². The molecule has 2 aromatic rings. The third-order valence-electron chi connectivity index (χ3n) is 2.33. The third-order valence-corrected chi connectivity index (χ3v) is 3.21. The molecule has 4 heteroatoms. The lowest BCUT2D eigenvalue weighted by atomic mass is 10.2. The number of benzene rings is 1. The number of hydrogen-bond donors (Lipinski definition) is 1. The van der Waals surface area contributed by atoms with Crippen molar-refractivity contribution in [2.24, 2.45) is 0 Å². The SMILES string of the molecule is CNC(=O)c1ccc(-n2cccc2I)cc1. The van der Waals surface area contributed by atoms with Crippen LogP contribution < -0.4 is 5.32 Å². The van der Waals surface area contributed by atoms with Gasteiger partial charge in [-0.2, -0.15) is 0 Å². The van der Waals surface area contributed by atoms with Crippen LogP contribution in [0.1, 0.15) is 10.4 Å². The minimum absolute atomic E-state index is 0.0613. The first kappa shape index (κ1) is 11.2. The van der Waals surface area contributed by atoms with Crippen LogP contribution in [0.15, 0.2) is 42.6 Å². The Labute approximate surface area is 108 Å². The molecule has 1 heterocycles. The first-order valence-electron chi connectivity index (χ1n) is 4.88. The van der Waals surface area contributed by atoms with Gasteiger partial charge in [-0.25, -0.2) is 0 Å². The standard InChI is InChI=1S/C12H11IN2O/c1-14-12(16)9-4-6-10(7-5-9)15-8-2-3-11(15)13/h2-8H,1H3,(H,14,16). The van der Waals surface area contributed by atoms with Gasteiger partial charge in [0.25, 0.3) is 5.91 Å². The first-order chi connectivity index (χ1) is 7.72. The molecule has 3 nitrogen and oxygen atoms in total. The second kappa shape index (κ2) is 4.69. The van der Waals surface area contributed by atoms with Crippen LogP contribution in [0.5, 0.6) is 0 Å². The molecule has 1 amide bonds. The van der Waals surface area contributed by atoms with Gasteiger partial charge >= 0.3 is 0 Å². The van der Waals surface area contributed by atoms with Crippen LogP contribution in [-0.4, -0.2) is 17.5 Å². The van der Waals surface area contributed by atoms with Crippen molar-refractivity contribution >= 4 is 28.5 Å². The van der Waals surface area contributed by atoms with Crippen LogP contribution >= 0.6 is 22.6 Å². The predicted molar refractivity (Wildman–Crippen MR) is 71.9 cm³/mol. The smallest absolute Gasteiger partial charge is 0.251 e. The molecule has 0 radical (unpaired) electrons. The van der Waals surface area contributed by atoms with Gasteiger partial charge in [-0.1, -0.05) is 0 Å². The Bertz CT molecular complexity index is 502. The highest BCUT2D eigenvalue weighted by atomic mass is 127. The summed E-state index contributed by atoms with van der Waals surface area (Å²) >= 11 is 2.27. The average molecular weight is 326 g/mol. The van der Waals surface area contributed by atoms with E-state index in [1.54, 1.807) is 7.05 Å². The summed E-state index contributed by atoms with van der Waals surface area (Å²) in [5.41, 5.74) is 1.73. The molecule has 1 aromatic carbocycles. The summed E-state index contributed by atoms with van der Waals surface area (Å²) in [6.07, 6.45) is 2.00. The van der Waals surface area contributed by atoms with Crippen molar-refractivity contribution < 1.29 is 4.79 Å². The molecule has 0 unspecified atom stereocenters. The van der Waals surface area contributed by atoms with E-state index >= 15 is 0 Å². The van der Waals surface area contributed by atoms with E-state index in [9.17, 15) is 4.79 Å². The van der Waals surface area contributed by atoms with Gasteiger partial charge in [0.1, 0.15) is 0 Å². The molecule has 1 aromatic heterocycles. The summed E-state index contributed by atoms with van der Waals surface area (Å²) in [5, 5.41) is 2.60. The Balaban J connectivity index is 2.33. The van der Waals surface area contributed by atoms with Crippen molar-refractivity contribution in [1.82, 2.24) is 9.88 Å². The molecule has 0 saturated heterocycles. The van der Waals surface area contributed by atoms with E-state index in [1.165, 1.54) is 0 Å². The summed E-state index contributed by atoms with van der Waals surface area (Å²) in [6, 6.07) is 11.6. The van der Waals surface area contributed by atoms with Crippen molar-refractivity contribution in [2.45, 2.75) is 0 Å².